The van der Waals surface area contributed by atoms with Gasteiger partial charge < -0.3 is 5.32 Å². The highest BCUT2D eigenvalue weighted by atomic mass is 32.1. The molecule has 0 bridgehead atoms. The van der Waals surface area contributed by atoms with Gasteiger partial charge in [-0.25, -0.2) is 0 Å². The smallest absolute Gasteiger partial charge is 0.130 e. The molecule has 0 unspecified atom stereocenters. The van der Waals surface area contributed by atoms with Gasteiger partial charge in [-0.15, -0.1) is 0 Å². The van der Waals surface area contributed by atoms with Gasteiger partial charge in [-0.2, -0.15) is 5.26 Å². The molecule has 0 saturated heterocycles. The third-order valence-electron chi connectivity index (χ3n) is 1.78. The number of thiol groups is 1. The summed E-state index contributed by atoms with van der Waals surface area (Å²) in [5.74, 6) is 0. The molecule has 0 aromatic rings. The van der Waals surface area contributed by atoms with Gasteiger partial charge in [-0.1, -0.05) is 51.7 Å². The molecular formula is C10H22N2S. The Hall–Kier alpha value is -0.200. The molecule has 1 N–H and O–H groups in total. The largest absolute Gasteiger partial charge is 0.320 e. The molecule has 0 aromatic carbocycles. The van der Waals surface area contributed by atoms with Crippen LogP contribution in [0.3, 0.4) is 0 Å². The van der Waals surface area contributed by atoms with Crippen LogP contribution in [0.5, 0.6) is 0 Å². The average Bonchev–Trinajstić information content (AvgIpc) is 2.13. The zero-order valence-electron chi connectivity index (χ0n) is 8.84. The molecule has 0 atom stereocenters. The highest BCUT2D eigenvalue weighted by Gasteiger charge is 1.87. The van der Waals surface area contributed by atoms with Crippen molar-refractivity contribution in [2.75, 3.05) is 13.6 Å². The van der Waals surface area contributed by atoms with E-state index in [1.165, 1.54) is 50.5 Å². The topological polar surface area (TPSA) is 35.8 Å². The van der Waals surface area contributed by atoms with Crippen LogP contribution in [0.2, 0.25) is 0 Å². The second kappa shape index (κ2) is 17.8. The fourth-order valence-corrected chi connectivity index (χ4v) is 1.08. The van der Waals surface area contributed by atoms with E-state index in [-0.39, 0.29) is 0 Å². The van der Waals surface area contributed by atoms with Gasteiger partial charge in [-0.3, -0.25) is 0 Å². The molecule has 0 saturated carbocycles. The Morgan fingerprint density at radius 1 is 1.15 bits per heavy atom. The average molecular weight is 202 g/mol. The van der Waals surface area contributed by atoms with Gasteiger partial charge >= 0.3 is 0 Å². The van der Waals surface area contributed by atoms with Gasteiger partial charge in [0.05, 0.1) is 0 Å². The summed E-state index contributed by atoms with van der Waals surface area (Å²) in [6.45, 7) is 3.44. The summed E-state index contributed by atoms with van der Waals surface area (Å²) in [6.07, 6.45) is 8.38. The molecule has 3 heteroatoms. The van der Waals surface area contributed by atoms with Crippen molar-refractivity contribution in [2.45, 2.75) is 45.4 Å². The Bertz CT molecular complexity index is 102. The molecule has 13 heavy (non-hydrogen) atoms. The Morgan fingerprint density at radius 3 is 2.08 bits per heavy atom. The Balaban J connectivity index is 0. The van der Waals surface area contributed by atoms with E-state index in [0.29, 0.717) is 0 Å². The number of rotatable bonds is 7. The lowest BCUT2D eigenvalue weighted by Gasteiger charge is -1.98. The van der Waals surface area contributed by atoms with E-state index < -0.39 is 0 Å². The van der Waals surface area contributed by atoms with Crippen molar-refractivity contribution < 1.29 is 0 Å². The summed E-state index contributed by atoms with van der Waals surface area (Å²) in [5.41, 5.74) is 0. The molecule has 0 heterocycles. The van der Waals surface area contributed by atoms with Crippen molar-refractivity contribution in [3.63, 3.8) is 0 Å². The quantitative estimate of drug-likeness (QED) is 0.378. The van der Waals surface area contributed by atoms with E-state index in [2.05, 4.69) is 24.9 Å². The molecule has 0 fully saturated rings. The minimum Gasteiger partial charge on any atom is -0.320 e. The van der Waals surface area contributed by atoms with Gasteiger partial charge in [0.15, 0.2) is 0 Å². The standard InChI is InChI=1S/C9H21N.CHNS/c1-3-4-5-6-7-8-9-10-2;2-1-3/h10H,3-9H2,1-2H3;3H. The van der Waals surface area contributed by atoms with Crippen LogP contribution in [-0.4, -0.2) is 13.6 Å². The normalized spacial score (nSPS) is 8.46. The Kier molecular flexibility index (Phi) is 20.9. The summed E-state index contributed by atoms with van der Waals surface area (Å²) in [6, 6.07) is 0. The van der Waals surface area contributed by atoms with E-state index in [4.69, 9.17) is 5.26 Å². The van der Waals surface area contributed by atoms with Gasteiger partial charge in [0.1, 0.15) is 5.40 Å². The SMILES string of the molecule is CCCCCCCCNC.N#CS. The minimum absolute atomic E-state index is 1.19. The molecule has 0 aromatic heterocycles. The molecule has 0 radical (unpaired) electrons. The number of unbranched alkanes of at least 4 members (excludes halogenated alkanes) is 5. The maximum absolute atomic E-state index is 7.18. The molecule has 0 amide bonds. The third kappa shape index (κ3) is 24.5. The predicted octanol–water partition coefficient (Wildman–Crippen LogP) is 2.96. The summed E-state index contributed by atoms with van der Waals surface area (Å²) >= 11 is 3.09. The van der Waals surface area contributed by atoms with Gasteiger partial charge in [-0.05, 0) is 20.0 Å². The number of nitriles is 1. The summed E-state index contributed by atoms with van der Waals surface area (Å²) in [4.78, 5) is 0. The molecule has 0 aliphatic carbocycles. The van der Waals surface area contributed by atoms with Crippen molar-refractivity contribution in [3.8, 4) is 5.40 Å². The van der Waals surface area contributed by atoms with E-state index in [1.54, 1.807) is 0 Å². The first-order valence-electron chi connectivity index (χ1n) is 5.01. The maximum atomic E-state index is 7.18. The molecule has 78 valence electrons. The zero-order chi connectivity index (χ0) is 10.4. The Morgan fingerprint density at radius 2 is 1.62 bits per heavy atom. The van der Waals surface area contributed by atoms with Crippen LogP contribution in [0.1, 0.15) is 45.4 Å². The fraction of sp³-hybridized carbons (Fsp3) is 0.900. The van der Waals surface area contributed by atoms with Gasteiger partial charge in [0.2, 0.25) is 0 Å². The van der Waals surface area contributed by atoms with Crippen LogP contribution in [-0.2, 0) is 0 Å². The van der Waals surface area contributed by atoms with Crippen LogP contribution in [0.4, 0.5) is 0 Å². The molecule has 2 nitrogen and oxygen atoms in total. The van der Waals surface area contributed by atoms with Crippen LogP contribution in [0.25, 0.3) is 0 Å². The number of nitrogens with zero attached hydrogens (tertiary/aromatic N) is 1. The second-order valence-corrected chi connectivity index (χ2v) is 3.17. The van der Waals surface area contributed by atoms with E-state index in [0.717, 1.165) is 0 Å². The first-order chi connectivity index (χ1) is 6.33. The first-order valence-corrected chi connectivity index (χ1v) is 5.46. The van der Waals surface area contributed by atoms with Crippen molar-refractivity contribution in [3.05, 3.63) is 0 Å². The highest BCUT2D eigenvalue weighted by Crippen LogP contribution is 2.03. The molecule has 0 rings (SSSR count). The van der Waals surface area contributed by atoms with Gasteiger partial charge in [0.25, 0.3) is 0 Å². The number of nitrogens with one attached hydrogen (secondary N) is 1. The molecule has 0 aliphatic heterocycles. The van der Waals surface area contributed by atoms with E-state index >= 15 is 0 Å². The van der Waals surface area contributed by atoms with Crippen molar-refractivity contribution in [2.24, 2.45) is 0 Å². The van der Waals surface area contributed by atoms with E-state index in [1.807, 2.05) is 7.05 Å². The first kappa shape index (κ1) is 15.3. The zero-order valence-corrected chi connectivity index (χ0v) is 9.74. The van der Waals surface area contributed by atoms with Crippen molar-refractivity contribution in [1.82, 2.24) is 5.32 Å². The lowest BCUT2D eigenvalue weighted by atomic mass is 10.1. The summed E-state index contributed by atoms with van der Waals surface area (Å²) in [5, 5.41) is 11.8. The monoisotopic (exact) mass is 202 g/mol. The van der Waals surface area contributed by atoms with Crippen molar-refractivity contribution in [1.29, 1.82) is 5.26 Å². The van der Waals surface area contributed by atoms with Crippen molar-refractivity contribution >= 4 is 12.6 Å². The number of thiocyanates is 1. The van der Waals surface area contributed by atoms with Crippen LogP contribution < -0.4 is 5.32 Å². The van der Waals surface area contributed by atoms with Crippen LogP contribution >= 0.6 is 12.6 Å². The van der Waals surface area contributed by atoms with Crippen LogP contribution in [0, 0.1) is 10.7 Å². The molecular weight excluding hydrogens is 180 g/mol. The second-order valence-electron chi connectivity index (χ2n) is 2.97. The van der Waals surface area contributed by atoms with Gasteiger partial charge in [0, 0.05) is 0 Å². The lowest BCUT2D eigenvalue weighted by molar-refractivity contribution is 0.592. The van der Waals surface area contributed by atoms with E-state index in [9.17, 15) is 0 Å². The maximum Gasteiger partial charge on any atom is 0.130 e. The predicted molar refractivity (Wildman–Crippen MR) is 61.9 cm³/mol. The van der Waals surface area contributed by atoms with Crippen LogP contribution in [0.15, 0.2) is 0 Å². The summed E-state index contributed by atoms with van der Waals surface area (Å²) < 4.78 is 0. The minimum atomic E-state index is 1.19. The lowest BCUT2D eigenvalue weighted by Crippen LogP contribution is -2.06. The molecule has 0 spiro atoms. The molecule has 0 aliphatic rings. The fourth-order valence-electron chi connectivity index (χ4n) is 1.08. The third-order valence-corrected chi connectivity index (χ3v) is 1.78. The number of hydrogen-bond acceptors (Lipinski definition) is 3. The number of hydrogen-bond donors (Lipinski definition) is 2. The Labute approximate surface area is 88.1 Å². The highest BCUT2D eigenvalue weighted by molar-refractivity contribution is 7.85. The summed E-state index contributed by atoms with van der Waals surface area (Å²) in [7, 11) is 2.02.